The van der Waals surface area contributed by atoms with E-state index < -0.39 is 0 Å². The van der Waals surface area contributed by atoms with E-state index in [1.54, 1.807) is 0 Å². The van der Waals surface area contributed by atoms with Crippen LogP contribution in [0.3, 0.4) is 0 Å². The standard InChI is InChI=1S/C5H12N2O.ClH/c6-7-3-5(4-8)1-2-5;/h7-8H,1-4,6H2;1H. The number of aliphatic hydroxyl groups is 1. The van der Waals surface area contributed by atoms with Gasteiger partial charge in [0, 0.05) is 18.6 Å². The lowest BCUT2D eigenvalue weighted by Gasteiger charge is -2.07. The minimum Gasteiger partial charge on any atom is -0.396 e. The molecule has 0 bridgehead atoms. The van der Waals surface area contributed by atoms with E-state index in [1.165, 1.54) is 0 Å². The summed E-state index contributed by atoms with van der Waals surface area (Å²) < 4.78 is 0. The average molecular weight is 153 g/mol. The maximum atomic E-state index is 8.69. The van der Waals surface area contributed by atoms with Crippen LogP contribution in [0.1, 0.15) is 12.8 Å². The molecule has 0 aliphatic heterocycles. The molecule has 0 aromatic rings. The largest absolute Gasteiger partial charge is 0.396 e. The van der Waals surface area contributed by atoms with Gasteiger partial charge in [-0.3, -0.25) is 11.3 Å². The number of nitrogens with two attached hydrogens (primary N) is 1. The highest BCUT2D eigenvalue weighted by atomic mass is 35.5. The van der Waals surface area contributed by atoms with Gasteiger partial charge >= 0.3 is 0 Å². The van der Waals surface area contributed by atoms with E-state index in [2.05, 4.69) is 5.43 Å². The molecule has 1 rings (SSSR count). The van der Waals surface area contributed by atoms with E-state index in [-0.39, 0.29) is 24.4 Å². The Morgan fingerprint density at radius 2 is 2.11 bits per heavy atom. The predicted octanol–water partition coefficient (Wildman–Crippen LogP) is -0.356. The molecule has 0 amide bonds. The molecule has 4 N–H and O–H groups in total. The first-order valence-corrected chi connectivity index (χ1v) is 2.87. The molecule has 0 aromatic heterocycles. The zero-order chi connectivity index (χ0) is 6.04. The van der Waals surface area contributed by atoms with Crippen LogP contribution < -0.4 is 11.3 Å². The Kier molecular flexibility index (Phi) is 3.43. The molecule has 3 nitrogen and oxygen atoms in total. The molecule has 0 radical (unpaired) electrons. The number of hydrogen-bond acceptors (Lipinski definition) is 3. The lowest BCUT2D eigenvalue weighted by Crippen LogP contribution is -2.31. The van der Waals surface area contributed by atoms with Gasteiger partial charge < -0.3 is 5.11 Å². The fourth-order valence-electron chi connectivity index (χ4n) is 0.784. The molecule has 0 saturated heterocycles. The molecule has 1 aliphatic rings. The molecule has 0 heterocycles. The van der Waals surface area contributed by atoms with Gasteiger partial charge in [-0.15, -0.1) is 12.4 Å². The van der Waals surface area contributed by atoms with Gasteiger partial charge in [0.1, 0.15) is 0 Å². The third-order valence-electron chi connectivity index (χ3n) is 1.77. The van der Waals surface area contributed by atoms with Crippen molar-refractivity contribution in [2.24, 2.45) is 11.3 Å². The van der Waals surface area contributed by atoms with Crippen molar-refractivity contribution in [2.75, 3.05) is 13.2 Å². The molecule has 0 unspecified atom stereocenters. The Labute approximate surface area is 61.0 Å². The lowest BCUT2D eigenvalue weighted by molar-refractivity contribution is 0.208. The van der Waals surface area contributed by atoms with E-state index in [4.69, 9.17) is 10.9 Å². The van der Waals surface area contributed by atoms with Gasteiger partial charge in [-0.1, -0.05) is 0 Å². The van der Waals surface area contributed by atoms with Crippen LogP contribution in [0.4, 0.5) is 0 Å². The van der Waals surface area contributed by atoms with E-state index >= 15 is 0 Å². The van der Waals surface area contributed by atoms with Crippen molar-refractivity contribution in [3.05, 3.63) is 0 Å². The summed E-state index contributed by atoms with van der Waals surface area (Å²) in [5.41, 5.74) is 2.72. The van der Waals surface area contributed by atoms with Crippen LogP contribution in [-0.4, -0.2) is 18.3 Å². The van der Waals surface area contributed by atoms with Gasteiger partial charge in [-0.25, -0.2) is 0 Å². The first kappa shape index (κ1) is 9.17. The van der Waals surface area contributed by atoms with Gasteiger partial charge in [0.15, 0.2) is 0 Å². The summed E-state index contributed by atoms with van der Waals surface area (Å²) in [6.07, 6.45) is 2.24. The van der Waals surface area contributed by atoms with Gasteiger partial charge in [0.05, 0.1) is 0 Å². The van der Waals surface area contributed by atoms with Crippen molar-refractivity contribution in [3.8, 4) is 0 Å². The van der Waals surface area contributed by atoms with Gasteiger partial charge in [0.25, 0.3) is 0 Å². The van der Waals surface area contributed by atoms with Gasteiger partial charge in [0.2, 0.25) is 0 Å². The highest BCUT2D eigenvalue weighted by Crippen LogP contribution is 2.43. The maximum Gasteiger partial charge on any atom is 0.0500 e. The van der Waals surface area contributed by atoms with E-state index in [0.717, 1.165) is 19.4 Å². The van der Waals surface area contributed by atoms with Crippen molar-refractivity contribution in [2.45, 2.75) is 12.8 Å². The number of halogens is 1. The highest BCUT2D eigenvalue weighted by Gasteiger charge is 2.41. The minimum atomic E-state index is 0. The van der Waals surface area contributed by atoms with Crippen LogP contribution in [0.2, 0.25) is 0 Å². The molecule has 9 heavy (non-hydrogen) atoms. The Balaban J connectivity index is 0.000000640. The normalized spacial score (nSPS) is 20.7. The van der Waals surface area contributed by atoms with Crippen LogP contribution in [0, 0.1) is 5.41 Å². The molecule has 1 fully saturated rings. The molecule has 56 valence electrons. The fourth-order valence-corrected chi connectivity index (χ4v) is 0.784. The van der Waals surface area contributed by atoms with Gasteiger partial charge in [-0.05, 0) is 12.8 Å². The summed E-state index contributed by atoms with van der Waals surface area (Å²) in [7, 11) is 0. The maximum absolute atomic E-state index is 8.69. The summed E-state index contributed by atoms with van der Waals surface area (Å²) in [6, 6.07) is 0. The molecule has 1 saturated carbocycles. The fraction of sp³-hybridized carbons (Fsp3) is 1.00. The average Bonchev–Trinajstić information content (AvgIpc) is 2.50. The van der Waals surface area contributed by atoms with Crippen molar-refractivity contribution >= 4 is 12.4 Å². The van der Waals surface area contributed by atoms with Crippen molar-refractivity contribution in [1.82, 2.24) is 5.43 Å². The van der Waals surface area contributed by atoms with Crippen LogP contribution in [-0.2, 0) is 0 Å². The van der Waals surface area contributed by atoms with Crippen LogP contribution in [0.25, 0.3) is 0 Å². The summed E-state index contributed by atoms with van der Waals surface area (Å²) >= 11 is 0. The summed E-state index contributed by atoms with van der Waals surface area (Å²) in [4.78, 5) is 0. The number of hydrazine groups is 1. The van der Waals surface area contributed by atoms with Crippen LogP contribution >= 0.6 is 12.4 Å². The number of aliphatic hydroxyl groups excluding tert-OH is 1. The Morgan fingerprint density at radius 1 is 1.56 bits per heavy atom. The van der Waals surface area contributed by atoms with Crippen LogP contribution in [0.15, 0.2) is 0 Å². The molecule has 0 atom stereocenters. The second kappa shape index (κ2) is 3.37. The molecular formula is C5H13ClN2O. The number of nitrogens with one attached hydrogen (secondary N) is 1. The topological polar surface area (TPSA) is 58.3 Å². The third kappa shape index (κ3) is 2.10. The molecule has 1 aliphatic carbocycles. The molecular weight excluding hydrogens is 140 g/mol. The van der Waals surface area contributed by atoms with E-state index in [0.29, 0.717) is 0 Å². The third-order valence-corrected chi connectivity index (χ3v) is 1.77. The first-order chi connectivity index (χ1) is 3.83. The molecule has 4 heteroatoms. The van der Waals surface area contributed by atoms with Crippen molar-refractivity contribution < 1.29 is 5.11 Å². The van der Waals surface area contributed by atoms with Crippen molar-refractivity contribution in [3.63, 3.8) is 0 Å². The van der Waals surface area contributed by atoms with E-state index in [9.17, 15) is 0 Å². The number of hydrogen-bond donors (Lipinski definition) is 3. The number of rotatable bonds is 3. The minimum absolute atomic E-state index is 0. The second-order valence-electron chi connectivity index (χ2n) is 2.54. The molecule has 0 aromatic carbocycles. The Morgan fingerprint density at radius 3 is 2.22 bits per heavy atom. The predicted molar refractivity (Wildman–Crippen MR) is 38.2 cm³/mol. The quantitative estimate of drug-likeness (QED) is 0.383. The SMILES string of the molecule is Cl.NNCC1(CO)CC1. The monoisotopic (exact) mass is 152 g/mol. The second-order valence-corrected chi connectivity index (χ2v) is 2.54. The summed E-state index contributed by atoms with van der Waals surface area (Å²) in [5.74, 6) is 5.07. The Bertz CT molecular complexity index is 85.0. The zero-order valence-electron chi connectivity index (χ0n) is 5.26. The first-order valence-electron chi connectivity index (χ1n) is 2.87. The van der Waals surface area contributed by atoms with E-state index in [1.807, 2.05) is 0 Å². The lowest BCUT2D eigenvalue weighted by atomic mass is 10.1. The highest BCUT2D eigenvalue weighted by molar-refractivity contribution is 5.85. The summed E-state index contributed by atoms with van der Waals surface area (Å²) in [6.45, 7) is 1.03. The van der Waals surface area contributed by atoms with Crippen molar-refractivity contribution in [1.29, 1.82) is 0 Å². The van der Waals surface area contributed by atoms with Crippen LogP contribution in [0.5, 0.6) is 0 Å². The summed E-state index contributed by atoms with van der Waals surface area (Å²) in [5, 5.41) is 8.69. The Hall–Kier alpha value is 0.170. The van der Waals surface area contributed by atoms with Gasteiger partial charge in [-0.2, -0.15) is 0 Å². The zero-order valence-corrected chi connectivity index (χ0v) is 6.08. The smallest absolute Gasteiger partial charge is 0.0500 e. The molecule has 0 spiro atoms.